The van der Waals surface area contributed by atoms with Crippen molar-refractivity contribution in [2.75, 3.05) is 15.9 Å². The predicted octanol–water partition coefficient (Wildman–Crippen LogP) is 4.60. The number of hydrogen-bond donors (Lipinski definition) is 3. The summed E-state index contributed by atoms with van der Waals surface area (Å²) >= 11 is 0. The van der Waals surface area contributed by atoms with Crippen molar-refractivity contribution in [2.45, 2.75) is 32.7 Å². The number of benzene rings is 2. The number of fused-ring (bicyclic) bond motifs is 1. The SMILES string of the molecule is CC1(C)CC(=O)C2=C(C1)Nc1ccccc1NC2c1ccc(N([O-])O)cc1. The van der Waals surface area contributed by atoms with E-state index < -0.39 is 0 Å². The number of anilines is 3. The van der Waals surface area contributed by atoms with Gasteiger partial charge in [0.25, 0.3) is 0 Å². The van der Waals surface area contributed by atoms with Crippen LogP contribution in [0, 0.1) is 10.6 Å². The van der Waals surface area contributed by atoms with E-state index in [2.05, 4.69) is 24.5 Å². The van der Waals surface area contributed by atoms with Gasteiger partial charge in [0.2, 0.25) is 0 Å². The lowest BCUT2D eigenvalue weighted by Crippen LogP contribution is -2.31. The van der Waals surface area contributed by atoms with Gasteiger partial charge in [-0.15, -0.1) is 0 Å². The standard InChI is InChI=1S/C21H22N3O3/c1-21(2)11-17-19(18(25)12-21)20(13-7-9-14(10-8-13)24(26)27)23-16-6-4-3-5-15(16)22-17/h3-10,20,22-23,26H,11-12H2,1-2H3/q-1. The van der Waals surface area contributed by atoms with Crippen molar-refractivity contribution in [2.24, 2.45) is 5.41 Å². The Bertz CT molecular complexity index is 917. The molecule has 0 spiro atoms. The third-order valence-electron chi connectivity index (χ3n) is 5.17. The van der Waals surface area contributed by atoms with E-state index >= 15 is 0 Å². The number of para-hydroxylation sites is 2. The van der Waals surface area contributed by atoms with Gasteiger partial charge in [-0.05, 0) is 41.7 Å². The summed E-state index contributed by atoms with van der Waals surface area (Å²) in [6.45, 7) is 4.21. The monoisotopic (exact) mass is 364 g/mol. The summed E-state index contributed by atoms with van der Waals surface area (Å²) < 4.78 is 0. The predicted molar refractivity (Wildman–Crippen MR) is 106 cm³/mol. The average Bonchev–Trinajstić information content (AvgIpc) is 2.77. The molecule has 140 valence electrons. The molecule has 6 nitrogen and oxygen atoms in total. The Morgan fingerprint density at radius 3 is 2.41 bits per heavy atom. The van der Waals surface area contributed by atoms with E-state index in [4.69, 9.17) is 5.21 Å². The summed E-state index contributed by atoms with van der Waals surface area (Å²) in [5, 5.41) is 27.0. The smallest absolute Gasteiger partial charge is 0.163 e. The molecular weight excluding hydrogens is 342 g/mol. The van der Waals surface area contributed by atoms with Crippen LogP contribution in [0.5, 0.6) is 0 Å². The minimum Gasteiger partial charge on any atom is -0.733 e. The van der Waals surface area contributed by atoms with Gasteiger partial charge in [0.15, 0.2) is 5.78 Å². The summed E-state index contributed by atoms with van der Waals surface area (Å²) in [7, 11) is 0. The molecule has 0 aromatic heterocycles. The maximum Gasteiger partial charge on any atom is 0.163 e. The number of ketones is 1. The van der Waals surface area contributed by atoms with Crippen LogP contribution in [-0.4, -0.2) is 11.0 Å². The number of Topliss-reactive ketones (excluding diaryl/α,β-unsaturated/α-hetero) is 1. The van der Waals surface area contributed by atoms with Gasteiger partial charge in [-0.2, -0.15) is 0 Å². The molecule has 0 amide bonds. The molecule has 4 rings (SSSR count). The van der Waals surface area contributed by atoms with Crippen molar-refractivity contribution >= 4 is 22.8 Å². The fourth-order valence-corrected chi connectivity index (χ4v) is 3.93. The molecule has 1 heterocycles. The highest BCUT2D eigenvalue weighted by molar-refractivity contribution is 6.01. The maximum atomic E-state index is 13.1. The number of rotatable bonds is 2. The van der Waals surface area contributed by atoms with E-state index in [9.17, 15) is 10.0 Å². The van der Waals surface area contributed by atoms with Gasteiger partial charge >= 0.3 is 0 Å². The second-order valence-corrected chi connectivity index (χ2v) is 7.95. The van der Waals surface area contributed by atoms with E-state index in [1.165, 1.54) is 0 Å². The Labute approximate surface area is 158 Å². The van der Waals surface area contributed by atoms with Crippen LogP contribution in [0.4, 0.5) is 17.1 Å². The molecule has 1 unspecified atom stereocenters. The molecule has 27 heavy (non-hydrogen) atoms. The maximum absolute atomic E-state index is 13.1. The Morgan fingerprint density at radius 1 is 1.07 bits per heavy atom. The summed E-state index contributed by atoms with van der Waals surface area (Å²) in [6, 6.07) is 14.2. The second-order valence-electron chi connectivity index (χ2n) is 7.95. The van der Waals surface area contributed by atoms with Crippen molar-refractivity contribution in [3.05, 3.63) is 70.6 Å². The zero-order chi connectivity index (χ0) is 19.2. The molecule has 3 N–H and O–H groups in total. The highest BCUT2D eigenvalue weighted by Gasteiger charge is 2.38. The lowest BCUT2D eigenvalue weighted by atomic mass is 9.73. The first-order valence-corrected chi connectivity index (χ1v) is 8.99. The molecule has 0 fully saturated rings. The van der Waals surface area contributed by atoms with Gasteiger partial charge in [-0.3, -0.25) is 10.0 Å². The number of hydrogen-bond acceptors (Lipinski definition) is 6. The van der Waals surface area contributed by atoms with Gasteiger partial charge in [0.1, 0.15) is 0 Å². The fourth-order valence-electron chi connectivity index (χ4n) is 3.93. The molecule has 2 aliphatic rings. The quantitative estimate of drug-likeness (QED) is 0.675. The summed E-state index contributed by atoms with van der Waals surface area (Å²) in [6.07, 6.45) is 1.27. The molecule has 0 saturated heterocycles. The Kier molecular flexibility index (Phi) is 4.17. The fraction of sp³-hybridized carbons (Fsp3) is 0.286. The zero-order valence-electron chi connectivity index (χ0n) is 15.3. The molecule has 1 atom stereocenters. The topological polar surface area (TPSA) is 87.7 Å². The van der Waals surface area contributed by atoms with Crippen molar-refractivity contribution in [3.63, 3.8) is 0 Å². The number of carbonyl (C=O) groups is 1. The van der Waals surface area contributed by atoms with Crippen LogP contribution in [0.3, 0.4) is 0 Å². The average molecular weight is 364 g/mol. The largest absolute Gasteiger partial charge is 0.733 e. The van der Waals surface area contributed by atoms with Gasteiger partial charge < -0.3 is 21.1 Å². The minimum absolute atomic E-state index is 0.101. The van der Waals surface area contributed by atoms with E-state index in [0.717, 1.165) is 34.6 Å². The highest BCUT2D eigenvalue weighted by Crippen LogP contribution is 2.45. The molecule has 0 bridgehead atoms. The van der Waals surface area contributed by atoms with Crippen molar-refractivity contribution < 1.29 is 10.0 Å². The van der Waals surface area contributed by atoms with Crippen LogP contribution >= 0.6 is 0 Å². The number of nitrogens with zero attached hydrogens (tertiary/aromatic N) is 1. The first-order valence-electron chi connectivity index (χ1n) is 8.99. The molecule has 1 aliphatic carbocycles. The molecule has 6 heteroatoms. The van der Waals surface area contributed by atoms with E-state index in [-0.39, 0.29) is 28.2 Å². The van der Waals surface area contributed by atoms with Crippen LogP contribution in [0.2, 0.25) is 0 Å². The van der Waals surface area contributed by atoms with Crippen LogP contribution in [-0.2, 0) is 4.79 Å². The third-order valence-corrected chi connectivity index (χ3v) is 5.17. The van der Waals surface area contributed by atoms with Crippen LogP contribution in [0.1, 0.15) is 38.3 Å². The molecule has 0 saturated carbocycles. The van der Waals surface area contributed by atoms with Gasteiger partial charge in [0, 0.05) is 17.7 Å². The van der Waals surface area contributed by atoms with Gasteiger partial charge in [-0.25, -0.2) is 0 Å². The second kappa shape index (κ2) is 6.40. The van der Waals surface area contributed by atoms with Crippen LogP contribution in [0.25, 0.3) is 0 Å². The summed E-state index contributed by atoms with van der Waals surface area (Å²) in [5.74, 6) is 0.121. The van der Waals surface area contributed by atoms with E-state index in [0.29, 0.717) is 6.42 Å². The molecule has 2 aromatic carbocycles. The number of allylic oxidation sites excluding steroid dienone is 1. The Hall–Kier alpha value is -2.83. The lowest BCUT2D eigenvalue weighted by Gasteiger charge is -2.34. The van der Waals surface area contributed by atoms with Crippen molar-refractivity contribution in [1.29, 1.82) is 0 Å². The Balaban J connectivity index is 1.83. The van der Waals surface area contributed by atoms with Crippen molar-refractivity contribution in [3.8, 4) is 0 Å². The summed E-state index contributed by atoms with van der Waals surface area (Å²) in [4.78, 5) is 13.1. The van der Waals surface area contributed by atoms with E-state index in [1.54, 1.807) is 24.3 Å². The van der Waals surface area contributed by atoms with Crippen LogP contribution in [0.15, 0.2) is 59.8 Å². The van der Waals surface area contributed by atoms with Gasteiger partial charge in [-0.1, -0.05) is 38.1 Å². The van der Waals surface area contributed by atoms with E-state index in [1.807, 2.05) is 24.3 Å². The molecular formula is C21H22N3O3-. The lowest BCUT2D eigenvalue weighted by molar-refractivity contribution is -0.118. The first kappa shape index (κ1) is 17.6. The summed E-state index contributed by atoms with van der Waals surface area (Å²) in [5.41, 5.74) is 4.44. The number of nitrogens with one attached hydrogen (secondary N) is 2. The highest BCUT2D eigenvalue weighted by atomic mass is 16.8. The Morgan fingerprint density at radius 2 is 1.74 bits per heavy atom. The minimum atomic E-state index is -0.326. The zero-order valence-corrected chi connectivity index (χ0v) is 15.3. The molecule has 0 radical (unpaired) electrons. The normalized spacial score (nSPS) is 20.7. The first-order chi connectivity index (χ1) is 12.8. The molecule has 1 aliphatic heterocycles. The van der Waals surface area contributed by atoms with Gasteiger partial charge in [0.05, 0.1) is 23.1 Å². The number of carbonyl (C=O) groups excluding carboxylic acids is 1. The van der Waals surface area contributed by atoms with Crippen LogP contribution < -0.4 is 15.9 Å². The van der Waals surface area contributed by atoms with Crippen molar-refractivity contribution in [1.82, 2.24) is 0 Å². The third kappa shape index (κ3) is 3.29. The molecule has 2 aromatic rings.